The third kappa shape index (κ3) is 6.02. The van der Waals surface area contributed by atoms with Crippen LogP contribution in [0.25, 0.3) is 0 Å². The molecule has 6 fully saturated rings. The van der Waals surface area contributed by atoms with Gasteiger partial charge in [-0.2, -0.15) is 0 Å². The Hall–Kier alpha value is -3.07. The fourth-order valence-corrected chi connectivity index (χ4v) is 10.6. The van der Waals surface area contributed by atoms with Crippen LogP contribution in [0.1, 0.15) is 83.6 Å². The van der Waals surface area contributed by atoms with Gasteiger partial charge in [0.1, 0.15) is 5.41 Å². The highest BCUT2D eigenvalue weighted by molar-refractivity contribution is 5.93. The molecule has 4 bridgehead atoms. The number of carbonyl (C=O) groups is 3. The highest BCUT2D eigenvalue weighted by atomic mass is 16.5. The fourth-order valence-electron chi connectivity index (χ4n) is 10.6. The van der Waals surface area contributed by atoms with Crippen LogP contribution in [0.15, 0.2) is 30.0 Å². The Labute approximate surface area is 285 Å². The van der Waals surface area contributed by atoms with Gasteiger partial charge < -0.3 is 29.2 Å². The number of benzene rings is 1. The van der Waals surface area contributed by atoms with Crippen molar-refractivity contribution in [3.05, 3.63) is 35.5 Å². The van der Waals surface area contributed by atoms with Crippen molar-refractivity contribution in [2.75, 3.05) is 34.4 Å². The third-order valence-electron chi connectivity index (χ3n) is 12.6. The zero-order chi connectivity index (χ0) is 33.8. The second-order valence-electron chi connectivity index (χ2n) is 16.3. The molecule has 2 heterocycles. The van der Waals surface area contributed by atoms with Gasteiger partial charge in [0.2, 0.25) is 11.8 Å². The third-order valence-corrected chi connectivity index (χ3v) is 12.6. The molecule has 5 aliphatic carbocycles. The van der Waals surface area contributed by atoms with Gasteiger partial charge in [-0.1, -0.05) is 19.9 Å². The van der Waals surface area contributed by atoms with Gasteiger partial charge in [-0.3, -0.25) is 14.4 Å². The normalized spacial score (nSPS) is 35.2. The molecule has 2 aliphatic heterocycles. The summed E-state index contributed by atoms with van der Waals surface area (Å²) in [6, 6.07) is 5.77. The molecule has 48 heavy (non-hydrogen) atoms. The first-order valence-electron chi connectivity index (χ1n) is 18.3. The zero-order valence-electron chi connectivity index (χ0n) is 29.4. The molecule has 0 spiro atoms. The van der Waals surface area contributed by atoms with Crippen LogP contribution in [0.3, 0.4) is 0 Å². The predicted octanol–water partition coefficient (Wildman–Crippen LogP) is 5.69. The number of carbonyl (C=O) groups excluding carboxylic acids is 3. The number of esters is 1. The SMILES string of the molecule is COC(=O)[C@@]12C[C@H](CC(=O)NCC34CC5CC(CC(C5)C3)C4)C(=O)N(CCc3ccc(OC)c(OC)c3)C1=C[C@@H](C(C)C)O[C@H]2C1CC1. The number of methoxy groups -OCH3 is 3. The molecule has 0 radical (unpaired) electrons. The maximum Gasteiger partial charge on any atom is 0.320 e. The van der Waals surface area contributed by atoms with E-state index in [-0.39, 0.29) is 54.0 Å². The molecule has 9 heteroatoms. The van der Waals surface area contributed by atoms with Crippen LogP contribution in [0, 0.1) is 46.3 Å². The molecule has 1 aromatic carbocycles. The van der Waals surface area contributed by atoms with E-state index in [0.717, 1.165) is 36.2 Å². The molecule has 0 aromatic heterocycles. The number of likely N-dealkylation sites (tertiary alicyclic amines) is 1. The topological polar surface area (TPSA) is 103 Å². The summed E-state index contributed by atoms with van der Waals surface area (Å²) in [7, 11) is 4.63. The Bertz CT molecular complexity index is 1410. The maximum atomic E-state index is 14.6. The maximum absolute atomic E-state index is 14.6. The zero-order valence-corrected chi connectivity index (χ0v) is 29.4. The van der Waals surface area contributed by atoms with Gasteiger partial charge in [0.15, 0.2) is 11.5 Å². The molecule has 1 aromatic rings. The lowest BCUT2D eigenvalue weighted by Crippen LogP contribution is -2.62. The average Bonchev–Trinajstić information content (AvgIpc) is 3.91. The summed E-state index contributed by atoms with van der Waals surface area (Å²) in [6.45, 7) is 5.25. The van der Waals surface area contributed by atoms with Gasteiger partial charge in [0.05, 0.1) is 33.5 Å². The predicted molar refractivity (Wildman–Crippen MR) is 180 cm³/mol. The molecule has 2 amide bonds. The van der Waals surface area contributed by atoms with Crippen LogP contribution < -0.4 is 14.8 Å². The van der Waals surface area contributed by atoms with E-state index in [9.17, 15) is 14.4 Å². The molecule has 4 atom stereocenters. The highest BCUT2D eigenvalue weighted by Crippen LogP contribution is 2.60. The van der Waals surface area contributed by atoms with Gasteiger partial charge in [-0.05, 0) is 123 Å². The Morgan fingerprint density at radius 1 is 0.979 bits per heavy atom. The number of hydrogen-bond donors (Lipinski definition) is 1. The number of piperidine rings is 1. The number of nitrogens with one attached hydrogen (secondary N) is 1. The Morgan fingerprint density at radius 3 is 2.23 bits per heavy atom. The molecular weight excluding hydrogens is 608 g/mol. The second kappa shape index (κ2) is 13.0. The van der Waals surface area contributed by atoms with E-state index < -0.39 is 17.4 Å². The van der Waals surface area contributed by atoms with Crippen LogP contribution in [0.4, 0.5) is 0 Å². The number of hydrogen-bond acceptors (Lipinski definition) is 7. The molecule has 8 rings (SSSR count). The van der Waals surface area contributed by atoms with E-state index in [2.05, 4.69) is 19.2 Å². The fraction of sp³-hybridized carbons (Fsp3) is 0.718. The van der Waals surface area contributed by atoms with E-state index in [4.69, 9.17) is 18.9 Å². The van der Waals surface area contributed by atoms with Gasteiger partial charge >= 0.3 is 5.97 Å². The van der Waals surface area contributed by atoms with Crippen molar-refractivity contribution in [2.45, 2.75) is 96.7 Å². The first kappa shape index (κ1) is 33.4. The standard InChI is InChI=1S/C39H54N2O7/c1-23(2)31-17-33-39(37(44)47-5,35(48-31)28-7-8-28)21-29(36(43)41(33)11-10-24-6-9-30(45-3)32(15-24)46-4)16-34(42)40-22-38-18-25-12-26(19-38)14-27(13-25)20-38/h6,9,15,17,23,25-29,31,35H,7-8,10-14,16,18-22H2,1-5H3,(H,40,42)/t25?,26?,27?,29-,31-,35-,38?,39-/m0/s1. The largest absolute Gasteiger partial charge is 0.493 e. The number of nitrogens with zero attached hydrogens (tertiary/aromatic N) is 1. The van der Waals surface area contributed by atoms with Crippen molar-refractivity contribution >= 4 is 17.8 Å². The monoisotopic (exact) mass is 662 g/mol. The average molecular weight is 663 g/mol. The van der Waals surface area contributed by atoms with E-state index in [1.807, 2.05) is 24.3 Å². The summed E-state index contributed by atoms with van der Waals surface area (Å²) in [5.41, 5.74) is 0.714. The minimum atomic E-state index is -1.16. The summed E-state index contributed by atoms with van der Waals surface area (Å²) in [5.74, 6) is 2.79. The van der Waals surface area contributed by atoms with Gasteiger partial charge in [0, 0.05) is 31.1 Å². The first-order chi connectivity index (χ1) is 23.1. The van der Waals surface area contributed by atoms with E-state index in [1.165, 1.54) is 45.6 Å². The molecular formula is C39H54N2O7. The molecule has 0 unspecified atom stereocenters. The lowest BCUT2D eigenvalue weighted by atomic mass is 9.49. The number of rotatable bonds is 12. The van der Waals surface area contributed by atoms with E-state index in [0.29, 0.717) is 36.7 Å². The minimum Gasteiger partial charge on any atom is -0.493 e. The molecule has 1 N–H and O–H groups in total. The van der Waals surface area contributed by atoms with E-state index in [1.54, 1.807) is 19.1 Å². The van der Waals surface area contributed by atoms with E-state index >= 15 is 0 Å². The minimum absolute atomic E-state index is 0.0507. The Balaban J connectivity index is 1.17. The summed E-state index contributed by atoms with van der Waals surface area (Å²) in [6.07, 6.45) is 11.8. The molecule has 9 nitrogen and oxygen atoms in total. The Morgan fingerprint density at radius 2 is 1.65 bits per heavy atom. The first-order valence-corrected chi connectivity index (χ1v) is 18.3. The lowest BCUT2D eigenvalue weighted by Gasteiger charge is -2.57. The van der Waals surface area contributed by atoms with Crippen LogP contribution in [0.5, 0.6) is 11.5 Å². The van der Waals surface area contributed by atoms with Crippen molar-refractivity contribution in [2.24, 2.45) is 46.3 Å². The molecule has 5 saturated carbocycles. The summed E-state index contributed by atoms with van der Waals surface area (Å²) in [4.78, 5) is 44.3. The van der Waals surface area contributed by atoms with Crippen molar-refractivity contribution in [3.63, 3.8) is 0 Å². The Kier molecular flexibility index (Phi) is 9.05. The highest BCUT2D eigenvalue weighted by Gasteiger charge is 2.64. The number of ether oxygens (including phenoxy) is 4. The van der Waals surface area contributed by atoms with Crippen molar-refractivity contribution < 1.29 is 33.3 Å². The molecule has 262 valence electrons. The smallest absolute Gasteiger partial charge is 0.320 e. The van der Waals surface area contributed by atoms with Crippen LogP contribution >= 0.6 is 0 Å². The van der Waals surface area contributed by atoms with Crippen LogP contribution in [-0.4, -0.2) is 69.3 Å². The van der Waals surface area contributed by atoms with Crippen molar-refractivity contribution in [3.8, 4) is 11.5 Å². The quantitative estimate of drug-likeness (QED) is 0.287. The summed E-state index contributed by atoms with van der Waals surface area (Å²) in [5, 5.41) is 3.30. The summed E-state index contributed by atoms with van der Waals surface area (Å²) < 4.78 is 23.3. The van der Waals surface area contributed by atoms with Crippen molar-refractivity contribution in [1.29, 1.82) is 0 Å². The second-order valence-corrected chi connectivity index (χ2v) is 16.3. The molecule has 1 saturated heterocycles. The lowest BCUT2D eigenvalue weighted by molar-refractivity contribution is -0.182. The van der Waals surface area contributed by atoms with Crippen LogP contribution in [-0.2, 0) is 30.3 Å². The number of amides is 2. The van der Waals surface area contributed by atoms with Crippen LogP contribution in [0.2, 0.25) is 0 Å². The number of fused-ring (bicyclic) bond motifs is 1. The van der Waals surface area contributed by atoms with Crippen molar-refractivity contribution in [1.82, 2.24) is 10.2 Å². The summed E-state index contributed by atoms with van der Waals surface area (Å²) >= 11 is 0. The van der Waals surface area contributed by atoms with Gasteiger partial charge in [-0.25, -0.2) is 0 Å². The van der Waals surface area contributed by atoms with Gasteiger partial charge in [-0.15, -0.1) is 0 Å². The van der Waals surface area contributed by atoms with Gasteiger partial charge in [0.25, 0.3) is 0 Å². The molecule has 7 aliphatic rings.